The molecule has 3 atom stereocenters. The molecule has 2 unspecified atom stereocenters. The van der Waals surface area contributed by atoms with E-state index < -0.39 is 58.5 Å². The summed E-state index contributed by atoms with van der Waals surface area (Å²) in [4.78, 5) is 23.8. The van der Waals surface area contributed by atoms with Gasteiger partial charge in [0.05, 0.1) is 11.5 Å². The Kier molecular flexibility index (Phi) is 6.58. The lowest BCUT2D eigenvalue weighted by Gasteiger charge is -2.37. The topological polar surface area (TPSA) is 86.6 Å². The van der Waals surface area contributed by atoms with Crippen LogP contribution in [0, 0.1) is 23.4 Å². The highest BCUT2D eigenvalue weighted by Crippen LogP contribution is 2.39. The molecule has 1 aliphatic rings. The van der Waals surface area contributed by atoms with Crippen LogP contribution < -0.4 is 5.32 Å². The zero-order valence-corrected chi connectivity index (χ0v) is 16.2. The maximum absolute atomic E-state index is 14.1. The number of aromatic carboxylic acids is 1. The average molecular weight is 421 g/mol. The van der Waals surface area contributed by atoms with Crippen molar-refractivity contribution in [3.05, 3.63) is 70.5 Å². The van der Waals surface area contributed by atoms with E-state index in [4.69, 9.17) is 0 Å². The average Bonchev–Trinajstić information content (AvgIpc) is 2.58. The number of hydrogen-bond acceptors (Lipinski definition) is 4. The van der Waals surface area contributed by atoms with Crippen molar-refractivity contribution in [1.82, 2.24) is 5.32 Å². The van der Waals surface area contributed by atoms with Gasteiger partial charge in [0.25, 0.3) is 0 Å². The van der Waals surface area contributed by atoms with Gasteiger partial charge in [-0.3, -0.25) is 10.1 Å². The smallest absolute Gasteiger partial charge is 0.338 e. The lowest BCUT2D eigenvalue weighted by molar-refractivity contribution is -0.121. The van der Waals surface area contributed by atoms with E-state index in [1.54, 1.807) is 6.07 Å². The number of carbonyl (C=O) groups is 2. The summed E-state index contributed by atoms with van der Waals surface area (Å²) < 4.78 is 41.7. The van der Waals surface area contributed by atoms with Crippen molar-refractivity contribution in [2.45, 2.75) is 44.4 Å². The van der Waals surface area contributed by atoms with E-state index in [9.17, 15) is 33.0 Å². The molecule has 1 fully saturated rings. The van der Waals surface area contributed by atoms with Crippen LogP contribution in [0.15, 0.2) is 36.4 Å². The Morgan fingerprint density at radius 1 is 1.10 bits per heavy atom. The molecule has 0 bridgehead atoms. The number of aliphatic hydroxyl groups is 1. The zero-order chi connectivity index (χ0) is 22.0. The molecule has 2 aromatic rings. The van der Waals surface area contributed by atoms with Crippen LogP contribution >= 0.6 is 0 Å². The molecule has 3 N–H and O–H groups in total. The number of benzene rings is 2. The maximum atomic E-state index is 14.1. The SMILES string of the molecule is CC(=O)C(c1cc(F)cc(F)c1C(=O)O)C(O)N[C@H](c1cccc(F)c1)C1CCC1. The molecule has 0 radical (unpaired) electrons. The van der Waals surface area contributed by atoms with Gasteiger partial charge >= 0.3 is 5.97 Å². The standard InChI is InChI=1S/C22H22F3NO4/c1-11(27)18(16-9-15(24)10-17(25)19(16)22(29)30)21(28)26-20(12-4-2-5-12)13-6-3-7-14(23)8-13/h3,6-10,12,18,20-21,26,28H,2,4-5H2,1H3,(H,29,30)/t18?,20-,21?/m0/s1. The van der Waals surface area contributed by atoms with Gasteiger partial charge in [-0.1, -0.05) is 18.6 Å². The van der Waals surface area contributed by atoms with Crippen LogP contribution in [0.5, 0.6) is 0 Å². The Hall–Kier alpha value is -2.71. The summed E-state index contributed by atoms with van der Waals surface area (Å²) in [7, 11) is 0. The van der Waals surface area contributed by atoms with Gasteiger partial charge in [-0.05, 0) is 55.0 Å². The number of aliphatic hydroxyl groups excluding tert-OH is 1. The van der Waals surface area contributed by atoms with Gasteiger partial charge in [0, 0.05) is 12.1 Å². The summed E-state index contributed by atoms with van der Waals surface area (Å²) >= 11 is 0. The predicted octanol–water partition coefficient (Wildman–Crippen LogP) is 3.92. The minimum absolute atomic E-state index is 0.0669. The van der Waals surface area contributed by atoms with Gasteiger partial charge in [0.1, 0.15) is 29.5 Å². The van der Waals surface area contributed by atoms with Crippen LogP contribution in [-0.4, -0.2) is 28.2 Å². The van der Waals surface area contributed by atoms with Crippen molar-refractivity contribution in [1.29, 1.82) is 0 Å². The molecule has 30 heavy (non-hydrogen) atoms. The molecule has 1 aliphatic carbocycles. The summed E-state index contributed by atoms with van der Waals surface area (Å²) in [6, 6.07) is 6.44. The maximum Gasteiger partial charge on any atom is 0.338 e. The molecule has 160 valence electrons. The second-order valence-electron chi connectivity index (χ2n) is 7.58. The number of hydrogen-bond donors (Lipinski definition) is 3. The summed E-state index contributed by atoms with van der Waals surface area (Å²) in [5.41, 5.74) is -0.771. The molecule has 0 spiro atoms. The zero-order valence-electron chi connectivity index (χ0n) is 16.2. The van der Waals surface area contributed by atoms with E-state index in [1.807, 2.05) is 0 Å². The molecule has 0 amide bonds. The molecular formula is C22H22F3NO4. The summed E-state index contributed by atoms with van der Waals surface area (Å²) in [5.74, 6) is -6.68. The van der Waals surface area contributed by atoms with E-state index in [0.29, 0.717) is 11.6 Å². The van der Waals surface area contributed by atoms with Crippen molar-refractivity contribution in [2.75, 3.05) is 0 Å². The van der Waals surface area contributed by atoms with E-state index in [-0.39, 0.29) is 5.92 Å². The number of carboxylic acid groups (broad SMARTS) is 1. The van der Waals surface area contributed by atoms with Gasteiger partial charge < -0.3 is 10.2 Å². The highest BCUT2D eigenvalue weighted by molar-refractivity contribution is 5.94. The van der Waals surface area contributed by atoms with Crippen LogP contribution in [0.25, 0.3) is 0 Å². The lowest BCUT2D eigenvalue weighted by Crippen LogP contribution is -2.44. The first-order valence-corrected chi connectivity index (χ1v) is 9.61. The fraction of sp³-hybridized carbons (Fsp3) is 0.364. The van der Waals surface area contributed by atoms with Crippen molar-refractivity contribution in [3.63, 3.8) is 0 Å². The van der Waals surface area contributed by atoms with Gasteiger partial charge in [-0.15, -0.1) is 0 Å². The monoisotopic (exact) mass is 421 g/mol. The minimum atomic E-state index is -1.68. The molecule has 0 aliphatic heterocycles. The number of Topliss-reactive ketones (excluding diaryl/α,β-unsaturated/α-hetero) is 1. The molecule has 0 heterocycles. The van der Waals surface area contributed by atoms with Crippen LogP contribution in [-0.2, 0) is 4.79 Å². The third-order valence-electron chi connectivity index (χ3n) is 5.57. The third-order valence-corrected chi connectivity index (χ3v) is 5.57. The highest BCUT2D eigenvalue weighted by Gasteiger charge is 2.36. The summed E-state index contributed by atoms with van der Waals surface area (Å²) in [6.07, 6.45) is 0.958. The molecule has 1 saturated carbocycles. The van der Waals surface area contributed by atoms with E-state index >= 15 is 0 Å². The summed E-state index contributed by atoms with van der Waals surface area (Å²) in [6.45, 7) is 1.10. The first-order chi connectivity index (χ1) is 14.2. The lowest BCUT2D eigenvalue weighted by atomic mass is 9.76. The van der Waals surface area contributed by atoms with Gasteiger partial charge in [-0.25, -0.2) is 18.0 Å². The Labute approximate surface area is 171 Å². The predicted molar refractivity (Wildman–Crippen MR) is 102 cm³/mol. The second-order valence-corrected chi connectivity index (χ2v) is 7.58. The van der Waals surface area contributed by atoms with Gasteiger partial charge in [0.2, 0.25) is 0 Å². The Balaban J connectivity index is 1.99. The molecule has 0 saturated heterocycles. The molecule has 2 aromatic carbocycles. The largest absolute Gasteiger partial charge is 0.478 e. The Bertz CT molecular complexity index is 961. The van der Waals surface area contributed by atoms with Crippen molar-refractivity contribution in [2.24, 2.45) is 5.92 Å². The fourth-order valence-electron chi connectivity index (χ4n) is 3.93. The molecule has 0 aromatic heterocycles. The van der Waals surface area contributed by atoms with Crippen LogP contribution in [0.3, 0.4) is 0 Å². The number of nitrogens with one attached hydrogen (secondary N) is 1. The molecule has 8 heteroatoms. The Morgan fingerprint density at radius 3 is 2.33 bits per heavy atom. The van der Waals surface area contributed by atoms with Gasteiger partial charge in [-0.2, -0.15) is 0 Å². The van der Waals surface area contributed by atoms with Crippen molar-refractivity contribution in [3.8, 4) is 0 Å². The quantitative estimate of drug-likeness (QED) is 0.563. The second kappa shape index (κ2) is 8.97. The van der Waals surface area contributed by atoms with E-state index in [0.717, 1.165) is 32.3 Å². The van der Waals surface area contributed by atoms with Crippen LogP contribution in [0.4, 0.5) is 13.2 Å². The highest BCUT2D eigenvalue weighted by atomic mass is 19.1. The minimum Gasteiger partial charge on any atom is -0.478 e. The van der Waals surface area contributed by atoms with Crippen LogP contribution in [0.2, 0.25) is 0 Å². The first kappa shape index (κ1) is 22.0. The molecule has 3 rings (SSSR count). The normalized spacial score (nSPS) is 17.1. The molecule has 5 nitrogen and oxygen atoms in total. The van der Waals surface area contributed by atoms with E-state index in [2.05, 4.69) is 5.32 Å². The van der Waals surface area contributed by atoms with E-state index in [1.165, 1.54) is 18.2 Å². The number of ketones is 1. The first-order valence-electron chi connectivity index (χ1n) is 9.61. The number of halogens is 3. The molecular weight excluding hydrogens is 399 g/mol. The van der Waals surface area contributed by atoms with Gasteiger partial charge in [0.15, 0.2) is 0 Å². The number of carboxylic acids is 1. The van der Waals surface area contributed by atoms with Crippen molar-refractivity contribution < 1.29 is 33.0 Å². The Morgan fingerprint density at radius 2 is 1.80 bits per heavy atom. The number of carbonyl (C=O) groups excluding carboxylic acids is 1. The summed E-state index contributed by atoms with van der Waals surface area (Å²) in [5, 5.41) is 23.1. The van der Waals surface area contributed by atoms with Crippen molar-refractivity contribution >= 4 is 11.8 Å². The fourth-order valence-corrected chi connectivity index (χ4v) is 3.93. The van der Waals surface area contributed by atoms with Crippen LogP contribution in [0.1, 0.15) is 59.6 Å². The number of rotatable bonds is 8. The third kappa shape index (κ3) is 4.55.